The maximum absolute atomic E-state index is 9.77. The summed E-state index contributed by atoms with van der Waals surface area (Å²) in [5, 5.41) is 12.8. The monoisotopic (exact) mass is 355 g/mol. The molecule has 0 aliphatic rings. The van der Waals surface area contributed by atoms with Crippen LogP contribution >= 0.6 is 22.6 Å². The van der Waals surface area contributed by atoms with Gasteiger partial charge < -0.3 is 10.4 Å². The Labute approximate surface area is 120 Å². The van der Waals surface area contributed by atoms with Gasteiger partial charge in [0.1, 0.15) is 11.6 Å². The van der Waals surface area contributed by atoms with E-state index in [9.17, 15) is 5.11 Å². The van der Waals surface area contributed by atoms with Crippen LogP contribution in [0.15, 0.2) is 18.3 Å². The predicted molar refractivity (Wildman–Crippen MR) is 80.9 cm³/mol. The highest BCUT2D eigenvalue weighted by atomic mass is 127. The maximum atomic E-state index is 9.77. The lowest BCUT2D eigenvalue weighted by atomic mass is 10.1. The fourth-order valence-electron chi connectivity index (χ4n) is 1.77. The first-order chi connectivity index (χ1) is 8.52. The molecule has 4 nitrogen and oxygen atoms in total. The number of benzene rings is 1. The third kappa shape index (κ3) is 2.40. The average molecular weight is 355 g/mol. The molecule has 0 unspecified atom stereocenters. The quantitative estimate of drug-likeness (QED) is 0.813. The van der Waals surface area contributed by atoms with E-state index in [0.717, 1.165) is 26.1 Å². The summed E-state index contributed by atoms with van der Waals surface area (Å²) in [6.07, 6.45) is 1.78. The number of aromatic hydroxyl groups is 1. The van der Waals surface area contributed by atoms with Gasteiger partial charge in [0.05, 0.1) is 3.57 Å². The van der Waals surface area contributed by atoms with Crippen molar-refractivity contribution in [2.75, 3.05) is 12.4 Å². The van der Waals surface area contributed by atoms with Crippen LogP contribution in [0.25, 0.3) is 11.4 Å². The Balaban J connectivity index is 2.55. The molecule has 0 bridgehead atoms. The van der Waals surface area contributed by atoms with Gasteiger partial charge in [0.25, 0.3) is 0 Å². The van der Waals surface area contributed by atoms with Gasteiger partial charge in [-0.05, 0) is 59.7 Å². The van der Waals surface area contributed by atoms with Crippen molar-refractivity contribution >= 4 is 28.4 Å². The van der Waals surface area contributed by atoms with Gasteiger partial charge in [-0.15, -0.1) is 0 Å². The Kier molecular flexibility index (Phi) is 3.70. The largest absolute Gasteiger partial charge is 0.507 e. The van der Waals surface area contributed by atoms with Gasteiger partial charge in [-0.25, -0.2) is 9.97 Å². The van der Waals surface area contributed by atoms with Crippen molar-refractivity contribution in [1.82, 2.24) is 9.97 Å². The van der Waals surface area contributed by atoms with Crippen LogP contribution in [0.5, 0.6) is 5.75 Å². The molecule has 0 aliphatic heterocycles. The van der Waals surface area contributed by atoms with E-state index in [-0.39, 0.29) is 0 Å². The number of aromatic nitrogens is 2. The third-order valence-corrected chi connectivity index (χ3v) is 3.52. The fraction of sp³-hybridized carbons (Fsp3) is 0.231. The third-order valence-electron chi connectivity index (χ3n) is 2.73. The molecule has 0 radical (unpaired) electrons. The molecular formula is C13H14IN3O. The van der Waals surface area contributed by atoms with Crippen molar-refractivity contribution in [3.8, 4) is 17.1 Å². The van der Waals surface area contributed by atoms with Gasteiger partial charge in [0.15, 0.2) is 5.82 Å². The number of hydrogen-bond donors (Lipinski definition) is 2. The maximum Gasteiger partial charge on any atom is 0.161 e. The van der Waals surface area contributed by atoms with Crippen LogP contribution in [0, 0.1) is 17.4 Å². The molecule has 1 aromatic heterocycles. The number of phenolic OH excluding ortho intramolecular Hbond substituents is 1. The van der Waals surface area contributed by atoms with Crippen LogP contribution in [0.2, 0.25) is 0 Å². The van der Waals surface area contributed by atoms with Gasteiger partial charge in [0.2, 0.25) is 0 Å². The number of nitrogens with one attached hydrogen (secondary N) is 1. The first kappa shape index (κ1) is 13.1. The van der Waals surface area contributed by atoms with Gasteiger partial charge in [-0.2, -0.15) is 0 Å². The number of hydrogen-bond acceptors (Lipinski definition) is 4. The van der Waals surface area contributed by atoms with E-state index in [0.29, 0.717) is 11.6 Å². The lowest BCUT2D eigenvalue weighted by Crippen LogP contribution is -1.99. The number of phenols is 1. The van der Waals surface area contributed by atoms with Gasteiger partial charge >= 0.3 is 0 Å². The lowest BCUT2D eigenvalue weighted by Gasteiger charge is -2.09. The van der Waals surface area contributed by atoms with Gasteiger partial charge in [0, 0.05) is 18.8 Å². The summed E-state index contributed by atoms with van der Waals surface area (Å²) in [7, 11) is 1.83. The zero-order valence-electron chi connectivity index (χ0n) is 10.5. The van der Waals surface area contributed by atoms with Crippen LogP contribution in [0.4, 0.5) is 5.82 Å². The van der Waals surface area contributed by atoms with Crippen molar-refractivity contribution < 1.29 is 5.11 Å². The number of aryl methyl sites for hydroxylation is 2. The molecule has 2 rings (SSSR count). The van der Waals surface area contributed by atoms with Crippen molar-refractivity contribution in [2.45, 2.75) is 13.8 Å². The van der Waals surface area contributed by atoms with Crippen molar-refractivity contribution in [3.05, 3.63) is 33.0 Å². The van der Waals surface area contributed by atoms with E-state index < -0.39 is 0 Å². The Morgan fingerprint density at radius 1 is 1.22 bits per heavy atom. The summed E-state index contributed by atoms with van der Waals surface area (Å²) >= 11 is 2.19. The Bertz CT molecular complexity index is 576. The zero-order valence-corrected chi connectivity index (χ0v) is 12.6. The standard InChI is InChI=1S/C13H14IN3O/c1-7-4-9(5-8(2)11(7)18)12-16-6-10(14)13(15-3)17-12/h4-6,18H,1-3H3,(H,15,16,17). The summed E-state index contributed by atoms with van der Waals surface area (Å²) in [5.41, 5.74) is 2.58. The molecule has 0 amide bonds. The molecule has 5 heteroatoms. The normalized spacial score (nSPS) is 10.4. The highest BCUT2D eigenvalue weighted by Gasteiger charge is 2.09. The Morgan fingerprint density at radius 3 is 2.39 bits per heavy atom. The second kappa shape index (κ2) is 5.09. The van der Waals surface area contributed by atoms with Crippen LogP contribution in [0.1, 0.15) is 11.1 Å². The molecule has 0 spiro atoms. The minimum atomic E-state index is 0.332. The lowest BCUT2D eigenvalue weighted by molar-refractivity contribution is 0.467. The van der Waals surface area contributed by atoms with E-state index >= 15 is 0 Å². The van der Waals surface area contributed by atoms with Crippen LogP contribution in [-0.2, 0) is 0 Å². The first-order valence-corrected chi connectivity index (χ1v) is 6.61. The Hall–Kier alpha value is -1.37. The van der Waals surface area contributed by atoms with Crippen molar-refractivity contribution in [3.63, 3.8) is 0 Å². The second-order valence-corrected chi connectivity index (χ2v) is 5.26. The second-order valence-electron chi connectivity index (χ2n) is 4.10. The molecule has 0 atom stereocenters. The number of halogens is 1. The molecule has 2 N–H and O–H groups in total. The Morgan fingerprint density at radius 2 is 1.83 bits per heavy atom. The van der Waals surface area contributed by atoms with Crippen molar-refractivity contribution in [2.24, 2.45) is 0 Å². The molecule has 2 aromatic rings. The SMILES string of the molecule is CNc1nc(-c2cc(C)c(O)c(C)c2)ncc1I. The topological polar surface area (TPSA) is 58.0 Å². The number of nitrogens with zero attached hydrogens (tertiary/aromatic N) is 2. The minimum absolute atomic E-state index is 0.332. The van der Waals surface area contributed by atoms with E-state index in [1.807, 2.05) is 33.0 Å². The molecule has 18 heavy (non-hydrogen) atoms. The van der Waals surface area contributed by atoms with E-state index in [4.69, 9.17) is 0 Å². The number of anilines is 1. The molecule has 0 aliphatic carbocycles. The summed E-state index contributed by atoms with van der Waals surface area (Å²) in [6.45, 7) is 3.75. The smallest absolute Gasteiger partial charge is 0.161 e. The van der Waals surface area contributed by atoms with Crippen LogP contribution in [0.3, 0.4) is 0 Å². The molecular weight excluding hydrogens is 341 g/mol. The zero-order chi connectivity index (χ0) is 13.3. The molecule has 0 fully saturated rings. The summed E-state index contributed by atoms with van der Waals surface area (Å²) in [6, 6.07) is 3.79. The summed E-state index contributed by atoms with van der Waals surface area (Å²) in [4.78, 5) is 8.79. The van der Waals surface area contributed by atoms with E-state index in [1.54, 1.807) is 6.20 Å². The summed E-state index contributed by atoms with van der Waals surface area (Å²) in [5.74, 6) is 1.80. The van der Waals surface area contributed by atoms with Crippen LogP contribution in [-0.4, -0.2) is 22.1 Å². The average Bonchev–Trinajstić information content (AvgIpc) is 2.36. The van der Waals surface area contributed by atoms with Crippen molar-refractivity contribution in [1.29, 1.82) is 0 Å². The molecule has 1 heterocycles. The molecule has 1 aromatic carbocycles. The highest BCUT2D eigenvalue weighted by Crippen LogP contribution is 2.28. The van der Waals surface area contributed by atoms with Crippen LogP contribution < -0.4 is 5.32 Å². The highest BCUT2D eigenvalue weighted by molar-refractivity contribution is 14.1. The van der Waals surface area contributed by atoms with Gasteiger partial charge in [-0.1, -0.05) is 0 Å². The predicted octanol–water partition coefficient (Wildman–Crippen LogP) is 3.11. The van der Waals surface area contributed by atoms with Gasteiger partial charge in [-0.3, -0.25) is 0 Å². The molecule has 0 saturated heterocycles. The van der Waals surface area contributed by atoms with E-state index in [2.05, 4.69) is 37.9 Å². The minimum Gasteiger partial charge on any atom is -0.507 e. The summed E-state index contributed by atoms with van der Waals surface area (Å²) < 4.78 is 0.978. The van der Waals surface area contributed by atoms with E-state index in [1.165, 1.54) is 0 Å². The first-order valence-electron chi connectivity index (χ1n) is 5.53. The number of rotatable bonds is 2. The molecule has 94 valence electrons. The fourth-order valence-corrected chi connectivity index (χ4v) is 2.30. The molecule has 0 saturated carbocycles.